The summed E-state index contributed by atoms with van der Waals surface area (Å²) in [5.41, 5.74) is 0. The van der Waals surface area contributed by atoms with Crippen LogP contribution in [0.3, 0.4) is 0 Å². The number of nitrogens with one attached hydrogen (secondary N) is 1. The SMILES string of the molecule is C/C(=N\N(C)C)OC1CCNCC1. The van der Waals surface area contributed by atoms with Crippen molar-refractivity contribution in [1.82, 2.24) is 10.3 Å². The van der Waals surface area contributed by atoms with Crippen LogP contribution >= 0.6 is 0 Å². The van der Waals surface area contributed by atoms with Gasteiger partial charge in [-0.25, -0.2) is 0 Å². The molecule has 0 spiro atoms. The van der Waals surface area contributed by atoms with Gasteiger partial charge >= 0.3 is 0 Å². The Morgan fingerprint density at radius 3 is 2.54 bits per heavy atom. The summed E-state index contributed by atoms with van der Waals surface area (Å²) < 4.78 is 5.67. The van der Waals surface area contributed by atoms with Crippen molar-refractivity contribution in [2.45, 2.75) is 25.9 Å². The molecule has 1 N–H and O–H groups in total. The molecule has 0 radical (unpaired) electrons. The smallest absolute Gasteiger partial charge is 0.203 e. The molecule has 1 rings (SSSR count). The van der Waals surface area contributed by atoms with E-state index < -0.39 is 0 Å². The fourth-order valence-electron chi connectivity index (χ4n) is 1.46. The number of ether oxygens (including phenoxy) is 1. The number of nitrogens with zero attached hydrogens (tertiary/aromatic N) is 2. The van der Waals surface area contributed by atoms with Crippen LogP contribution in [0.1, 0.15) is 19.8 Å². The van der Waals surface area contributed by atoms with E-state index >= 15 is 0 Å². The van der Waals surface area contributed by atoms with Gasteiger partial charge in [-0.1, -0.05) is 0 Å². The highest BCUT2D eigenvalue weighted by Crippen LogP contribution is 2.07. The Balaban J connectivity index is 2.29. The summed E-state index contributed by atoms with van der Waals surface area (Å²) in [4.78, 5) is 0. The molecule has 1 aliphatic heterocycles. The fourth-order valence-corrected chi connectivity index (χ4v) is 1.46. The van der Waals surface area contributed by atoms with Gasteiger partial charge in [0.2, 0.25) is 5.90 Å². The van der Waals surface area contributed by atoms with E-state index in [1.165, 1.54) is 0 Å². The van der Waals surface area contributed by atoms with Gasteiger partial charge in [-0.2, -0.15) is 0 Å². The summed E-state index contributed by atoms with van der Waals surface area (Å²) >= 11 is 0. The molecule has 0 aromatic heterocycles. The first-order valence-electron chi connectivity index (χ1n) is 4.78. The Bertz CT molecular complexity index is 174. The fraction of sp³-hybridized carbons (Fsp3) is 0.889. The van der Waals surface area contributed by atoms with Crippen molar-refractivity contribution in [2.24, 2.45) is 5.10 Å². The van der Waals surface area contributed by atoms with E-state index in [9.17, 15) is 0 Å². The summed E-state index contributed by atoms with van der Waals surface area (Å²) in [6.07, 6.45) is 2.52. The lowest BCUT2D eigenvalue weighted by atomic mass is 10.1. The predicted octanol–water partition coefficient (Wildman–Crippen LogP) is 0.650. The van der Waals surface area contributed by atoms with Crippen LogP contribution in [0.15, 0.2) is 5.10 Å². The van der Waals surface area contributed by atoms with Crippen LogP contribution in [0.2, 0.25) is 0 Å². The normalized spacial score (nSPS) is 20.1. The van der Waals surface area contributed by atoms with Gasteiger partial charge in [0.25, 0.3) is 0 Å². The molecule has 0 unspecified atom stereocenters. The first kappa shape index (κ1) is 10.3. The molecule has 0 aromatic carbocycles. The molecule has 13 heavy (non-hydrogen) atoms. The molecular formula is C9H19N3O. The first-order chi connectivity index (χ1) is 6.18. The molecule has 0 aliphatic carbocycles. The van der Waals surface area contributed by atoms with Gasteiger partial charge in [0.1, 0.15) is 6.10 Å². The molecule has 0 atom stereocenters. The van der Waals surface area contributed by atoms with Gasteiger partial charge in [0, 0.05) is 21.0 Å². The average molecular weight is 185 g/mol. The highest BCUT2D eigenvalue weighted by atomic mass is 16.5. The van der Waals surface area contributed by atoms with Crippen molar-refractivity contribution in [3.8, 4) is 0 Å². The van der Waals surface area contributed by atoms with E-state index in [1.54, 1.807) is 5.01 Å². The lowest BCUT2D eigenvalue weighted by Crippen LogP contribution is -2.33. The lowest BCUT2D eigenvalue weighted by Gasteiger charge is -2.23. The molecule has 4 nitrogen and oxygen atoms in total. The third-order valence-electron chi connectivity index (χ3n) is 1.96. The van der Waals surface area contributed by atoms with Gasteiger partial charge in [-0.05, 0) is 25.9 Å². The minimum atomic E-state index is 0.352. The zero-order valence-corrected chi connectivity index (χ0v) is 8.71. The maximum absolute atomic E-state index is 5.67. The van der Waals surface area contributed by atoms with E-state index in [2.05, 4.69) is 10.4 Å². The second-order valence-electron chi connectivity index (χ2n) is 3.53. The van der Waals surface area contributed by atoms with Crippen molar-refractivity contribution in [3.05, 3.63) is 0 Å². The van der Waals surface area contributed by atoms with Crippen LogP contribution in [0, 0.1) is 0 Å². The van der Waals surface area contributed by atoms with Gasteiger partial charge < -0.3 is 10.1 Å². The van der Waals surface area contributed by atoms with Crippen molar-refractivity contribution < 1.29 is 4.74 Å². The van der Waals surface area contributed by atoms with E-state index in [4.69, 9.17) is 4.74 Å². The summed E-state index contributed by atoms with van der Waals surface area (Å²) in [5, 5.41) is 9.24. The Morgan fingerprint density at radius 1 is 1.38 bits per heavy atom. The van der Waals surface area contributed by atoms with E-state index in [-0.39, 0.29) is 0 Å². The van der Waals surface area contributed by atoms with E-state index in [1.807, 2.05) is 21.0 Å². The molecule has 1 saturated heterocycles. The second-order valence-corrected chi connectivity index (χ2v) is 3.53. The van der Waals surface area contributed by atoms with Gasteiger partial charge in [-0.15, -0.1) is 5.10 Å². The Labute approximate surface area is 79.9 Å². The van der Waals surface area contributed by atoms with Crippen LogP contribution in [-0.2, 0) is 4.74 Å². The lowest BCUT2D eigenvalue weighted by molar-refractivity contribution is 0.144. The molecule has 4 heteroatoms. The molecule has 1 aliphatic rings. The molecule has 0 aromatic rings. The quantitative estimate of drug-likeness (QED) is 0.390. The van der Waals surface area contributed by atoms with Crippen molar-refractivity contribution >= 4 is 5.90 Å². The third kappa shape index (κ3) is 4.12. The largest absolute Gasteiger partial charge is 0.477 e. The number of hydrogen-bond acceptors (Lipinski definition) is 4. The molecular weight excluding hydrogens is 166 g/mol. The number of hydrogen-bond donors (Lipinski definition) is 1. The van der Waals surface area contributed by atoms with Gasteiger partial charge in [0.05, 0.1) is 0 Å². The molecule has 0 bridgehead atoms. The summed E-state index contributed by atoms with van der Waals surface area (Å²) in [6, 6.07) is 0. The zero-order chi connectivity index (χ0) is 9.68. The standard InChI is InChI=1S/C9H19N3O/c1-8(11-12(2)3)13-9-4-6-10-7-5-9/h9-10H,4-7H2,1-3H3/b11-8+. The highest BCUT2D eigenvalue weighted by Gasteiger charge is 2.14. The summed E-state index contributed by atoms with van der Waals surface area (Å²) in [5.74, 6) is 0.761. The van der Waals surface area contributed by atoms with Crippen LogP contribution in [0.5, 0.6) is 0 Å². The van der Waals surface area contributed by atoms with Crippen molar-refractivity contribution in [2.75, 3.05) is 27.2 Å². The van der Waals surface area contributed by atoms with Gasteiger partial charge in [0.15, 0.2) is 0 Å². The Morgan fingerprint density at radius 2 is 2.00 bits per heavy atom. The molecule has 1 fully saturated rings. The number of rotatable bonds is 2. The third-order valence-corrected chi connectivity index (χ3v) is 1.96. The Kier molecular flexibility index (Phi) is 4.02. The number of hydrazone groups is 1. The highest BCUT2D eigenvalue weighted by molar-refractivity contribution is 5.72. The predicted molar refractivity (Wildman–Crippen MR) is 53.8 cm³/mol. The molecule has 76 valence electrons. The molecule has 0 saturated carbocycles. The molecule has 0 amide bonds. The summed E-state index contributed by atoms with van der Waals surface area (Å²) in [7, 11) is 3.80. The monoisotopic (exact) mass is 185 g/mol. The first-order valence-corrected chi connectivity index (χ1v) is 4.78. The minimum Gasteiger partial charge on any atom is -0.477 e. The number of piperidine rings is 1. The van der Waals surface area contributed by atoms with Crippen molar-refractivity contribution in [3.63, 3.8) is 0 Å². The van der Waals surface area contributed by atoms with Crippen LogP contribution < -0.4 is 5.32 Å². The molecule has 1 heterocycles. The van der Waals surface area contributed by atoms with Crippen LogP contribution in [0.4, 0.5) is 0 Å². The van der Waals surface area contributed by atoms with E-state index in [0.29, 0.717) is 6.10 Å². The average Bonchev–Trinajstić information content (AvgIpc) is 2.04. The Hall–Kier alpha value is -0.770. The van der Waals surface area contributed by atoms with E-state index in [0.717, 1.165) is 31.8 Å². The zero-order valence-electron chi connectivity index (χ0n) is 8.71. The van der Waals surface area contributed by atoms with Gasteiger partial charge in [-0.3, -0.25) is 5.01 Å². The van der Waals surface area contributed by atoms with Crippen molar-refractivity contribution in [1.29, 1.82) is 0 Å². The van der Waals surface area contributed by atoms with Crippen LogP contribution in [-0.4, -0.2) is 44.2 Å². The minimum absolute atomic E-state index is 0.352. The maximum Gasteiger partial charge on any atom is 0.203 e. The maximum atomic E-state index is 5.67. The second kappa shape index (κ2) is 5.07. The summed E-state index contributed by atoms with van der Waals surface area (Å²) in [6.45, 7) is 4.02. The van der Waals surface area contributed by atoms with Crippen LogP contribution in [0.25, 0.3) is 0 Å². The topological polar surface area (TPSA) is 36.9 Å².